The number of likely N-dealkylation sites (N-methyl/N-ethyl adjacent to an activating group) is 1. The van der Waals surface area contributed by atoms with Gasteiger partial charge >= 0.3 is 6.03 Å². The van der Waals surface area contributed by atoms with Crippen LogP contribution in [0.4, 0.5) is 4.79 Å². The highest BCUT2D eigenvalue weighted by Gasteiger charge is 2.34. The van der Waals surface area contributed by atoms with Gasteiger partial charge in [0.05, 0.1) is 6.10 Å². The first kappa shape index (κ1) is 15.6. The van der Waals surface area contributed by atoms with Crippen molar-refractivity contribution < 1.29 is 9.90 Å². The number of hydrogen-bond acceptors (Lipinski definition) is 2. The molecule has 0 saturated heterocycles. The molecule has 2 saturated carbocycles. The van der Waals surface area contributed by atoms with Gasteiger partial charge in [-0.15, -0.1) is 0 Å². The van der Waals surface area contributed by atoms with Crippen LogP contribution in [0.25, 0.3) is 0 Å². The van der Waals surface area contributed by atoms with Crippen LogP contribution in [-0.2, 0) is 0 Å². The van der Waals surface area contributed by atoms with Crippen molar-refractivity contribution in [2.75, 3.05) is 13.6 Å². The van der Waals surface area contributed by atoms with Crippen molar-refractivity contribution in [3.8, 4) is 0 Å². The van der Waals surface area contributed by atoms with Gasteiger partial charge in [0.1, 0.15) is 0 Å². The van der Waals surface area contributed by atoms with Crippen molar-refractivity contribution in [1.29, 1.82) is 0 Å². The fraction of sp³-hybridized carbons (Fsp3) is 0.938. The lowest BCUT2D eigenvalue weighted by Gasteiger charge is -2.40. The van der Waals surface area contributed by atoms with E-state index in [-0.39, 0.29) is 18.2 Å². The molecule has 2 aliphatic carbocycles. The Bertz CT molecular complexity index is 352. The third-order valence-corrected chi connectivity index (χ3v) is 4.98. The van der Waals surface area contributed by atoms with E-state index in [9.17, 15) is 9.90 Å². The van der Waals surface area contributed by atoms with Gasteiger partial charge in [-0.3, -0.25) is 0 Å². The van der Waals surface area contributed by atoms with E-state index in [1.54, 1.807) is 11.9 Å². The molecule has 2 aliphatic rings. The zero-order chi connectivity index (χ0) is 14.9. The van der Waals surface area contributed by atoms with Crippen LogP contribution >= 0.6 is 0 Å². The number of aliphatic hydroxyl groups excluding tert-OH is 1. The summed E-state index contributed by atoms with van der Waals surface area (Å²) in [5, 5.41) is 13.1. The second kappa shape index (κ2) is 5.92. The largest absolute Gasteiger partial charge is 0.391 e. The second-order valence-corrected chi connectivity index (χ2v) is 7.73. The standard InChI is InChI=1S/C16H30N2O2/c1-11-9-16(2,3)8-7-13(11)17-15(20)18(4)10-14(19)12-5-6-12/h11-14,19H,5-10H2,1-4H3,(H,17,20). The average Bonchev–Trinajstić information content (AvgIpc) is 3.15. The topological polar surface area (TPSA) is 52.6 Å². The summed E-state index contributed by atoms with van der Waals surface area (Å²) in [5.74, 6) is 0.934. The number of nitrogens with zero attached hydrogens (tertiary/aromatic N) is 1. The first-order chi connectivity index (χ1) is 9.28. The number of nitrogens with one attached hydrogen (secondary N) is 1. The smallest absolute Gasteiger partial charge is 0.317 e. The van der Waals surface area contributed by atoms with Crippen molar-refractivity contribution >= 4 is 6.03 Å². The summed E-state index contributed by atoms with van der Waals surface area (Å²) >= 11 is 0. The highest BCUT2D eigenvalue weighted by atomic mass is 16.3. The van der Waals surface area contributed by atoms with Gasteiger partial charge in [0.15, 0.2) is 0 Å². The quantitative estimate of drug-likeness (QED) is 0.833. The summed E-state index contributed by atoms with van der Waals surface area (Å²) in [7, 11) is 1.78. The maximum absolute atomic E-state index is 12.2. The molecule has 116 valence electrons. The first-order valence-corrected chi connectivity index (χ1v) is 7.98. The van der Waals surface area contributed by atoms with Gasteiger partial charge in [-0.2, -0.15) is 0 Å². The van der Waals surface area contributed by atoms with E-state index < -0.39 is 0 Å². The monoisotopic (exact) mass is 282 g/mol. The van der Waals surface area contributed by atoms with Crippen LogP contribution in [0.2, 0.25) is 0 Å². The summed E-state index contributed by atoms with van der Waals surface area (Å²) in [6.07, 6.45) is 5.23. The first-order valence-electron chi connectivity index (χ1n) is 7.98. The number of rotatable bonds is 4. The zero-order valence-corrected chi connectivity index (χ0v) is 13.4. The van der Waals surface area contributed by atoms with Crippen molar-refractivity contribution in [3.63, 3.8) is 0 Å². The molecule has 0 bridgehead atoms. The Morgan fingerprint density at radius 2 is 2.05 bits per heavy atom. The maximum Gasteiger partial charge on any atom is 0.317 e. The Balaban J connectivity index is 1.78. The molecule has 20 heavy (non-hydrogen) atoms. The van der Waals surface area contributed by atoms with E-state index in [1.807, 2.05) is 0 Å². The number of urea groups is 1. The van der Waals surface area contributed by atoms with E-state index in [0.717, 1.165) is 32.1 Å². The predicted octanol–water partition coefficient (Wildman–Crippen LogP) is 2.61. The van der Waals surface area contributed by atoms with Crippen LogP contribution in [0, 0.1) is 17.3 Å². The number of carbonyl (C=O) groups excluding carboxylic acids is 1. The third kappa shape index (κ3) is 4.11. The van der Waals surface area contributed by atoms with E-state index >= 15 is 0 Å². The van der Waals surface area contributed by atoms with Gasteiger partial charge in [-0.05, 0) is 49.4 Å². The van der Waals surface area contributed by atoms with E-state index in [2.05, 4.69) is 26.1 Å². The van der Waals surface area contributed by atoms with E-state index in [4.69, 9.17) is 0 Å². The number of hydrogen-bond donors (Lipinski definition) is 2. The Morgan fingerprint density at radius 3 is 2.60 bits per heavy atom. The summed E-state index contributed by atoms with van der Waals surface area (Å²) in [6, 6.07) is 0.234. The van der Waals surface area contributed by atoms with Gasteiger partial charge in [0, 0.05) is 19.6 Å². The molecule has 2 amide bonds. The molecule has 2 rings (SSSR count). The fourth-order valence-electron chi connectivity index (χ4n) is 3.42. The second-order valence-electron chi connectivity index (χ2n) is 7.73. The molecule has 0 aromatic rings. The average molecular weight is 282 g/mol. The molecule has 2 fully saturated rings. The summed E-state index contributed by atoms with van der Waals surface area (Å²) in [6.45, 7) is 7.29. The highest BCUT2D eigenvalue weighted by molar-refractivity contribution is 5.74. The molecule has 0 spiro atoms. The molecule has 3 unspecified atom stereocenters. The lowest BCUT2D eigenvalue weighted by atomic mass is 9.70. The van der Waals surface area contributed by atoms with E-state index in [0.29, 0.717) is 23.8 Å². The molecule has 4 nitrogen and oxygen atoms in total. The summed E-state index contributed by atoms with van der Waals surface area (Å²) in [5.41, 5.74) is 0.398. The van der Waals surface area contributed by atoms with Gasteiger partial charge in [-0.25, -0.2) is 4.79 Å². The van der Waals surface area contributed by atoms with Crippen LogP contribution in [0.3, 0.4) is 0 Å². The normalized spacial score (nSPS) is 30.6. The van der Waals surface area contributed by atoms with Crippen LogP contribution in [0.15, 0.2) is 0 Å². The Labute approximate surface area is 122 Å². The zero-order valence-electron chi connectivity index (χ0n) is 13.4. The molecular weight excluding hydrogens is 252 g/mol. The van der Waals surface area contributed by atoms with E-state index in [1.165, 1.54) is 0 Å². The van der Waals surface area contributed by atoms with Crippen LogP contribution < -0.4 is 5.32 Å². The lowest BCUT2D eigenvalue weighted by molar-refractivity contribution is 0.106. The molecule has 0 aliphatic heterocycles. The minimum absolute atomic E-state index is 0.0405. The Kier molecular flexibility index (Phi) is 4.62. The third-order valence-electron chi connectivity index (χ3n) is 4.98. The molecular formula is C16H30N2O2. The molecule has 0 heterocycles. The summed E-state index contributed by atoms with van der Waals surface area (Å²) < 4.78 is 0. The lowest BCUT2D eigenvalue weighted by Crippen LogP contribution is -2.50. The van der Waals surface area contributed by atoms with Crippen LogP contribution in [0.5, 0.6) is 0 Å². The highest BCUT2D eigenvalue weighted by Crippen LogP contribution is 2.38. The molecule has 4 heteroatoms. The van der Waals surface area contributed by atoms with Crippen LogP contribution in [0.1, 0.15) is 52.9 Å². The molecule has 0 radical (unpaired) electrons. The predicted molar refractivity (Wildman–Crippen MR) is 80.5 cm³/mol. The van der Waals surface area contributed by atoms with Crippen molar-refractivity contribution in [2.24, 2.45) is 17.3 Å². The molecule has 0 aromatic carbocycles. The Hall–Kier alpha value is -0.770. The maximum atomic E-state index is 12.2. The number of amides is 2. The Morgan fingerprint density at radius 1 is 1.40 bits per heavy atom. The van der Waals surface area contributed by atoms with Crippen molar-refractivity contribution in [3.05, 3.63) is 0 Å². The molecule has 3 atom stereocenters. The SMILES string of the molecule is CC1CC(C)(C)CCC1NC(=O)N(C)CC(O)C1CC1. The van der Waals surface area contributed by atoms with Crippen molar-refractivity contribution in [2.45, 2.75) is 65.0 Å². The minimum Gasteiger partial charge on any atom is -0.391 e. The minimum atomic E-state index is -0.353. The van der Waals surface area contributed by atoms with Gasteiger partial charge < -0.3 is 15.3 Å². The van der Waals surface area contributed by atoms with Gasteiger partial charge in [0.2, 0.25) is 0 Å². The summed E-state index contributed by atoms with van der Waals surface area (Å²) in [4.78, 5) is 13.8. The van der Waals surface area contributed by atoms with Gasteiger partial charge in [-0.1, -0.05) is 20.8 Å². The molecule has 0 aromatic heterocycles. The van der Waals surface area contributed by atoms with Gasteiger partial charge in [0.25, 0.3) is 0 Å². The fourth-order valence-corrected chi connectivity index (χ4v) is 3.42. The number of aliphatic hydroxyl groups is 1. The number of carbonyl (C=O) groups is 1. The molecule has 2 N–H and O–H groups in total. The van der Waals surface area contributed by atoms with Crippen molar-refractivity contribution in [1.82, 2.24) is 10.2 Å². The van der Waals surface area contributed by atoms with Crippen LogP contribution in [-0.4, -0.2) is 41.8 Å².